The molecule has 1 atom stereocenters. The SMILES string of the molecule is O=C1C=CC=CC2=CC=CC=CC12. The molecule has 13 heavy (non-hydrogen) atoms. The van der Waals surface area contributed by atoms with Gasteiger partial charge in [0, 0.05) is 0 Å². The number of carbonyl (C=O) groups excluding carboxylic acids is 1. The highest BCUT2D eigenvalue weighted by Gasteiger charge is 2.17. The minimum atomic E-state index is -0.0926. The standard InChI is InChI=1S/C12H10O/c13-12-9-5-4-7-10-6-2-1-3-8-11(10)12/h1-9,11H. The first-order chi connectivity index (χ1) is 6.38. The van der Waals surface area contributed by atoms with Gasteiger partial charge in [-0.25, -0.2) is 0 Å². The van der Waals surface area contributed by atoms with Crippen LogP contribution in [0.4, 0.5) is 0 Å². The lowest BCUT2D eigenvalue weighted by molar-refractivity contribution is -0.115. The van der Waals surface area contributed by atoms with Gasteiger partial charge in [-0.3, -0.25) is 4.79 Å². The Kier molecular flexibility index (Phi) is 2.09. The van der Waals surface area contributed by atoms with Gasteiger partial charge in [0.2, 0.25) is 0 Å². The third-order valence-electron chi connectivity index (χ3n) is 2.14. The number of ketones is 1. The van der Waals surface area contributed by atoms with Crippen LogP contribution >= 0.6 is 0 Å². The smallest absolute Gasteiger partial charge is 0.166 e. The predicted octanol–water partition coefficient (Wildman–Crippen LogP) is 2.35. The second kappa shape index (κ2) is 3.40. The van der Waals surface area contributed by atoms with Crippen molar-refractivity contribution in [3.05, 3.63) is 60.3 Å². The molecule has 2 aliphatic rings. The van der Waals surface area contributed by atoms with Crippen molar-refractivity contribution in [3.8, 4) is 0 Å². The third-order valence-corrected chi connectivity index (χ3v) is 2.14. The molecular weight excluding hydrogens is 160 g/mol. The molecule has 0 amide bonds. The molecule has 1 heteroatoms. The van der Waals surface area contributed by atoms with Gasteiger partial charge in [-0.15, -0.1) is 0 Å². The Morgan fingerprint density at radius 1 is 0.923 bits per heavy atom. The lowest BCUT2D eigenvalue weighted by Gasteiger charge is -2.07. The number of rotatable bonds is 0. The molecule has 0 aliphatic heterocycles. The van der Waals surface area contributed by atoms with E-state index >= 15 is 0 Å². The van der Waals surface area contributed by atoms with E-state index in [2.05, 4.69) is 0 Å². The van der Waals surface area contributed by atoms with Gasteiger partial charge in [-0.2, -0.15) is 0 Å². The van der Waals surface area contributed by atoms with Crippen LogP contribution in [0.5, 0.6) is 0 Å². The fourth-order valence-electron chi connectivity index (χ4n) is 1.46. The summed E-state index contributed by atoms with van der Waals surface area (Å²) >= 11 is 0. The molecule has 0 radical (unpaired) electrons. The number of hydrogen-bond acceptors (Lipinski definition) is 1. The van der Waals surface area contributed by atoms with Crippen molar-refractivity contribution in [1.82, 2.24) is 0 Å². The van der Waals surface area contributed by atoms with Crippen LogP contribution in [0.25, 0.3) is 0 Å². The molecule has 0 aromatic heterocycles. The van der Waals surface area contributed by atoms with E-state index in [1.165, 1.54) is 0 Å². The molecule has 0 saturated heterocycles. The Hall–Kier alpha value is -1.63. The monoisotopic (exact) mass is 170 g/mol. The summed E-state index contributed by atoms with van der Waals surface area (Å²) in [6, 6.07) is 0. The highest BCUT2D eigenvalue weighted by Crippen LogP contribution is 2.20. The molecule has 1 nitrogen and oxygen atoms in total. The van der Waals surface area contributed by atoms with E-state index in [1.807, 2.05) is 42.5 Å². The molecule has 0 saturated carbocycles. The van der Waals surface area contributed by atoms with E-state index in [9.17, 15) is 4.79 Å². The van der Waals surface area contributed by atoms with E-state index in [-0.39, 0.29) is 11.7 Å². The fraction of sp³-hybridized carbons (Fsp3) is 0.0833. The Bertz CT molecular complexity index is 365. The van der Waals surface area contributed by atoms with Crippen LogP contribution < -0.4 is 0 Å². The maximum atomic E-state index is 11.6. The normalized spacial score (nSPS) is 25.1. The van der Waals surface area contributed by atoms with Crippen LogP contribution in [0.15, 0.2) is 60.3 Å². The number of hydrogen-bond donors (Lipinski definition) is 0. The van der Waals surface area contributed by atoms with Crippen LogP contribution in [0, 0.1) is 5.92 Å². The number of allylic oxidation sites excluding steroid dienone is 10. The van der Waals surface area contributed by atoms with E-state index in [4.69, 9.17) is 0 Å². The van der Waals surface area contributed by atoms with Crippen molar-refractivity contribution < 1.29 is 4.79 Å². The zero-order valence-electron chi connectivity index (χ0n) is 7.18. The summed E-state index contributed by atoms with van der Waals surface area (Å²) in [4.78, 5) is 11.6. The van der Waals surface area contributed by atoms with Crippen LogP contribution in [0.1, 0.15) is 0 Å². The summed E-state index contributed by atoms with van der Waals surface area (Å²) in [5.74, 6) is 0.0567. The Morgan fingerprint density at radius 3 is 2.69 bits per heavy atom. The maximum absolute atomic E-state index is 11.6. The van der Waals surface area contributed by atoms with E-state index in [0.29, 0.717) is 0 Å². The molecule has 1 unspecified atom stereocenters. The summed E-state index contributed by atoms with van der Waals surface area (Å²) in [5.41, 5.74) is 1.06. The number of fused-ring (bicyclic) bond motifs is 1. The van der Waals surface area contributed by atoms with Gasteiger partial charge in [0.1, 0.15) is 0 Å². The van der Waals surface area contributed by atoms with Gasteiger partial charge in [0.25, 0.3) is 0 Å². The first-order valence-corrected chi connectivity index (χ1v) is 4.31. The molecule has 0 spiro atoms. The second-order valence-corrected chi connectivity index (χ2v) is 3.03. The van der Waals surface area contributed by atoms with Gasteiger partial charge in [0.05, 0.1) is 5.92 Å². The molecular formula is C12H10O. The first-order valence-electron chi connectivity index (χ1n) is 4.31. The summed E-state index contributed by atoms with van der Waals surface area (Å²) in [6.07, 6.45) is 17.0. The quantitative estimate of drug-likeness (QED) is 0.545. The van der Waals surface area contributed by atoms with Crippen LogP contribution in [-0.4, -0.2) is 5.78 Å². The van der Waals surface area contributed by atoms with Crippen molar-refractivity contribution >= 4 is 5.78 Å². The van der Waals surface area contributed by atoms with Crippen molar-refractivity contribution in [2.24, 2.45) is 5.92 Å². The zero-order valence-corrected chi connectivity index (χ0v) is 7.18. The lowest BCUT2D eigenvalue weighted by Crippen LogP contribution is -2.09. The van der Waals surface area contributed by atoms with E-state index in [0.717, 1.165) is 5.57 Å². The molecule has 0 N–H and O–H groups in total. The predicted molar refractivity (Wildman–Crippen MR) is 53.1 cm³/mol. The summed E-state index contributed by atoms with van der Waals surface area (Å²) in [7, 11) is 0. The van der Waals surface area contributed by atoms with Gasteiger partial charge >= 0.3 is 0 Å². The average molecular weight is 170 g/mol. The van der Waals surface area contributed by atoms with E-state index in [1.54, 1.807) is 12.2 Å². The Balaban J connectivity index is 2.44. The molecule has 64 valence electrons. The molecule has 0 heterocycles. The van der Waals surface area contributed by atoms with Gasteiger partial charge in [-0.1, -0.05) is 48.6 Å². The molecule has 0 fully saturated rings. The van der Waals surface area contributed by atoms with Crippen molar-refractivity contribution in [1.29, 1.82) is 0 Å². The average Bonchev–Trinajstić information content (AvgIpc) is 2.43. The van der Waals surface area contributed by atoms with Crippen LogP contribution in [0.3, 0.4) is 0 Å². The largest absolute Gasteiger partial charge is 0.294 e. The zero-order chi connectivity index (χ0) is 9.10. The summed E-state index contributed by atoms with van der Waals surface area (Å²) in [6.45, 7) is 0. The van der Waals surface area contributed by atoms with Gasteiger partial charge < -0.3 is 0 Å². The van der Waals surface area contributed by atoms with E-state index < -0.39 is 0 Å². The first kappa shape index (κ1) is 7.99. The van der Waals surface area contributed by atoms with Crippen LogP contribution in [-0.2, 0) is 4.79 Å². The molecule has 0 bridgehead atoms. The third kappa shape index (κ3) is 1.59. The van der Waals surface area contributed by atoms with Crippen LogP contribution in [0.2, 0.25) is 0 Å². The van der Waals surface area contributed by atoms with Crippen molar-refractivity contribution in [2.75, 3.05) is 0 Å². The Labute approximate surface area is 77.5 Å². The Morgan fingerprint density at radius 2 is 1.77 bits per heavy atom. The summed E-state index contributed by atoms with van der Waals surface area (Å²) in [5, 5.41) is 0. The molecule has 0 aromatic rings. The highest BCUT2D eigenvalue weighted by atomic mass is 16.1. The van der Waals surface area contributed by atoms with Crippen molar-refractivity contribution in [3.63, 3.8) is 0 Å². The van der Waals surface area contributed by atoms with Gasteiger partial charge in [-0.05, 0) is 11.6 Å². The summed E-state index contributed by atoms with van der Waals surface area (Å²) < 4.78 is 0. The number of carbonyl (C=O) groups is 1. The molecule has 2 aliphatic carbocycles. The minimum absolute atomic E-state index is 0.0926. The molecule has 0 aromatic carbocycles. The fourth-order valence-corrected chi connectivity index (χ4v) is 1.46. The maximum Gasteiger partial charge on any atom is 0.166 e. The second-order valence-electron chi connectivity index (χ2n) is 3.03. The van der Waals surface area contributed by atoms with Crippen molar-refractivity contribution in [2.45, 2.75) is 0 Å². The lowest BCUT2D eigenvalue weighted by atomic mass is 9.95. The van der Waals surface area contributed by atoms with Gasteiger partial charge in [0.15, 0.2) is 5.78 Å². The molecule has 2 rings (SSSR count). The minimum Gasteiger partial charge on any atom is -0.294 e. The highest BCUT2D eigenvalue weighted by molar-refractivity contribution is 5.96. The topological polar surface area (TPSA) is 17.1 Å².